The van der Waals surface area contributed by atoms with E-state index in [1.165, 1.54) is 18.0 Å². The first kappa shape index (κ1) is 20.8. The highest BCUT2D eigenvalue weighted by atomic mass is 19.1. The van der Waals surface area contributed by atoms with Crippen molar-refractivity contribution in [3.8, 4) is 22.8 Å². The minimum atomic E-state index is -0.517. The Morgan fingerprint density at radius 3 is 2.64 bits per heavy atom. The second-order valence-corrected chi connectivity index (χ2v) is 7.85. The summed E-state index contributed by atoms with van der Waals surface area (Å²) in [6, 6.07) is 7.87. The highest BCUT2D eigenvalue weighted by molar-refractivity contribution is 5.98. The summed E-state index contributed by atoms with van der Waals surface area (Å²) in [5.74, 6) is -0.161. The molecule has 1 aliphatic heterocycles. The van der Waals surface area contributed by atoms with Gasteiger partial charge in [-0.3, -0.25) is 4.79 Å². The second-order valence-electron chi connectivity index (χ2n) is 7.85. The van der Waals surface area contributed by atoms with Crippen LogP contribution in [0.15, 0.2) is 47.2 Å². The van der Waals surface area contributed by atoms with Gasteiger partial charge in [0.25, 0.3) is 5.91 Å². The van der Waals surface area contributed by atoms with Gasteiger partial charge in [-0.15, -0.1) is 0 Å². The van der Waals surface area contributed by atoms with Crippen LogP contribution < -0.4 is 4.74 Å². The Bertz CT molecular complexity index is 1330. The Morgan fingerprint density at radius 1 is 1.18 bits per heavy atom. The van der Waals surface area contributed by atoms with Gasteiger partial charge < -0.3 is 14.2 Å². The van der Waals surface area contributed by atoms with Crippen molar-refractivity contribution in [2.45, 2.75) is 26.3 Å². The number of methoxy groups -OCH3 is 1. The van der Waals surface area contributed by atoms with Crippen molar-refractivity contribution in [2.75, 3.05) is 13.7 Å². The van der Waals surface area contributed by atoms with Crippen molar-refractivity contribution >= 4 is 5.91 Å². The number of hydrogen-bond acceptors (Lipinski definition) is 7. The maximum Gasteiger partial charge on any atom is 0.256 e. The predicted octanol–water partition coefficient (Wildman–Crippen LogP) is 3.67. The maximum absolute atomic E-state index is 14.1. The molecule has 0 N–H and O–H groups in total. The number of aryl methyl sites for hydroxylation is 2. The van der Waals surface area contributed by atoms with E-state index in [2.05, 4.69) is 20.3 Å². The summed E-state index contributed by atoms with van der Waals surface area (Å²) in [6.07, 6.45) is 3.81. The van der Waals surface area contributed by atoms with E-state index < -0.39 is 5.82 Å². The second kappa shape index (κ2) is 8.12. The zero-order valence-electron chi connectivity index (χ0n) is 18.3. The smallest absolute Gasteiger partial charge is 0.256 e. The topological polar surface area (TPSA) is 99.2 Å². The van der Waals surface area contributed by atoms with Crippen molar-refractivity contribution in [1.82, 2.24) is 30.0 Å². The number of ether oxygens (including phenoxy) is 1. The quantitative estimate of drug-likeness (QED) is 0.459. The van der Waals surface area contributed by atoms with Crippen LogP contribution in [0.25, 0.3) is 17.1 Å². The molecular formula is C23H21FN6O3. The number of hydrogen-bond donors (Lipinski definition) is 0. The number of amides is 1. The third-order valence-electron chi connectivity index (χ3n) is 5.90. The third kappa shape index (κ3) is 3.53. The lowest BCUT2D eigenvalue weighted by Crippen LogP contribution is -2.45. The lowest BCUT2D eigenvalue weighted by atomic mass is 9.98. The summed E-state index contributed by atoms with van der Waals surface area (Å²) < 4.78 is 24.7. The first-order chi connectivity index (χ1) is 16.0. The van der Waals surface area contributed by atoms with E-state index in [4.69, 9.17) is 9.26 Å². The largest absolute Gasteiger partial charge is 0.493 e. The Hall–Kier alpha value is -4.08. The fourth-order valence-corrected chi connectivity index (χ4v) is 3.89. The third-order valence-corrected chi connectivity index (χ3v) is 5.90. The summed E-state index contributed by atoms with van der Waals surface area (Å²) in [5, 5.41) is 12.4. The number of aromatic nitrogens is 5. The minimum absolute atomic E-state index is 0.0397. The van der Waals surface area contributed by atoms with Gasteiger partial charge in [0.15, 0.2) is 11.6 Å². The molecule has 1 atom stereocenters. The van der Waals surface area contributed by atoms with Gasteiger partial charge in [0.1, 0.15) is 6.04 Å². The monoisotopic (exact) mass is 448 g/mol. The van der Waals surface area contributed by atoms with Crippen molar-refractivity contribution in [3.63, 3.8) is 0 Å². The summed E-state index contributed by atoms with van der Waals surface area (Å²) in [7, 11) is 1.38. The van der Waals surface area contributed by atoms with Gasteiger partial charge in [-0.2, -0.15) is 20.0 Å². The fourth-order valence-electron chi connectivity index (χ4n) is 3.89. The number of rotatable bonds is 5. The van der Waals surface area contributed by atoms with E-state index in [-0.39, 0.29) is 23.5 Å². The van der Waals surface area contributed by atoms with E-state index in [1.54, 1.807) is 29.4 Å². The Morgan fingerprint density at radius 2 is 1.94 bits per heavy atom. The van der Waals surface area contributed by atoms with E-state index in [0.717, 1.165) is 11.1 Å². The average Bonchev–Trinajstić information content (AvgIpc) is 3.47. The van der Waals surface area contributed by atoms with Crippen molar-refractivity contribution < 1.29 is 18.4 Å². The van der Waals surface area contributed by atoms with Crippen molar-refractivity contribution in [1.29, 1.82) is 0 Å². The zero-order chi connectivity index (χ0) is 23.1. The van der Waals surface area contributed by atoms with Crippen LogP contribution in [0.4, 0.5) is 4.39 Å². The molecule has 2 aromatic heterocycles. The van der Waals surface area contributed by atoms with Crippen LogP contribution in [0.5, 0.6) is 5.75 Å². The molecule has 1 aliphatic rings. The lowest BCUT2D eigenvalue weighted by molar-refractivity contribution is 0.0378. The molecule has 4 aromatic rings. The number of benzene rings is 2. The van der Waals surface area contributed by atoms with E-state index in [9.17, 15) is 9.18 Å². The van der Waals surface area contributed by atoms with Crippen molar-refractivity contribution in [2.24, 2.45) is 0 Å². The number of halogens is 1. The summed E-state index contributed by atoms with van der Waals surface area (Å²) >= 11 is 0. The van der Waals surface area contributed by atoms with Gasteiger partial charge in [-0.1, -0.05) is 11.2 Å². The SMILES string of the molecule is COc1c(F)cccc1-c1noc([C@@H]2CCN2C(=O)c2cc(C)c(C)cc2-n2nccn2)n1. The van der Waals surface area contributed by atoms with Crippen LogP contribution in [0.2, 0.25) is 0 Å². The predicted molar refractivity (Wildman–Crippen MR) is 115 cm³/mol. The molecule has 2 aromatic carbocycles. The summed E-state index contributed by atoms with van der Waals surface area (Å²) in [4.78, 5) is 21.1. The highest BCUT2D eigenvalue weighted by Gasteiger charge is 2.39. The molecular weight excluding hydrogens is 427 g/mol. The first-order valence-corrected chi connectivity index (χ1v) is 10.4. The first-order valence-electron chi connectivity index (χ1n) is 10.4. The van der Waals surface area contributed by atoms with Gasteiger partial charge in [0.2, 0.25) is 11.7 Å². The van der Waals surface area contributed by atoms with E-state index >= 15 is 0 Å². The maximum atomic E-state index is 14.1. The van der Waals surface area contributed by atoms with E-state index in [0.29, 0.717) is 35.7 Å². The lowest BCUT2D eigenvalue weighted by Gasteiger charge is -2.38. The average molecular weight is 448 g/mol. The molecule has 1 amide bonds. The van der Waals surface area contributed by atoms with Gasteiger partial charge in [-0.05, 0) is 55.7 Å². The molecule has 1 fully saturated rings. The van der Waals surface area contributed by atoms with Gasteiger partial charge >= 0.3 is 0 Å². The zero-order valence-corrected chi connectivity index (χ0v) is 18.3. The van der Waals surface area contributed by atoms with Crippen LogP contribution in [-0.2, 0) is 0 Å². The number of nitrogens with zero attached hydrogens (tertiary/aromatic N) is 6. The molecule has 168 valence electrons. The van der Waals surface area contributed by atoms with E-state index in [1.807, 2.05) is 26.0 Å². The molecule has 0 unspecified atom stereocenters. The van der Waals surface area contributed by atoms with Crippen LogP contribution in [0, 0.1) is 19.7 Å². The molecule has 9 nitrogen and oxygen atoms in total. The molecule has 1 saturated heterocycles. The molecule has 0 aliphatic carbocycles. The Balaban J connectivity index is 1.46. The number of carbonyl (C=O) groups excluding carboxylic acids is 1. The molecule has 5 rings (SSSR count). The Labute approximate surface area is 188 Å². The van der Waals surface area contributed by atoms with Crippen LogP contribution >= 0.6 is 0 Å². The molecule has 10 heteroatoms. The normalized spacial score (nSPS) is 15.4. The summed E-state index contributed by atoms with van der Waals surface area (Å²) in [5.41, 5.74) is 3.50. The molecule has 0 radical (unpaired) electrons. The number of para-hydroxylation sites is 1. The van der Waals surface area contributed by atoms with Crippen LogP contribution in [0.1, 0.15) is 39.8 Å². The van der Waals surface area contributed by atoms with Crippen molar-refractivity contribution in [3.05, 3.63) is 71.1 Å². The molecule has 0 spiro atoms. The Kier molecular flexibility index (Phi) is 5.12. The fraction of sp³-hybridized carbons (Fsp3) is 0.261. The molecule has 0 bridgehead atoms. The number of likely N-dealkylation sites (tertiary alicyclic amines) is 1. The standard InChI is InChI=1S/C23H21FN6O3/c1-13-11-16(19(12-14(13)2)30-25-8-9-26-30)23(31)29-10-7-18(29)22-27-21(28-33-22)15-5-4-6-17(24)20(15)32-3/h4-6,8-9,11-12,18H,7,10H2,1-3H3/t18-/m0/s1. The van der Waals surface area contributed by atoms with Gasteiger partial charge in [0, 0.05) is 6.54 Å². The molecule has 3 heterocycles. The molecule has 33 heavy (non-hydrogen) atoms. The van der Waals surface area contributed by atoms with Crippen LogP contribution in [-0.4, -0.2) is 49.6 Å². The molecule has 0 saturated carbocycles. The van der Waals surface area contributed by atoms with Crippen LogP contribution in [0.3, 0.4) is 0 Å². The summed E-state index contributed by atoms with van der Waals surface area (Å²) in [6.45, 7) is 4.48. The number of carbonyl (C=O) groups is 1. The highest BCUT2D eigenvalue weighted by Crippen LogP contribution is 2.37. The minimum Gasteiger partial charge on any atom is -0.493 e. The van der Waals surface area contributed by atoms with Gasteiger partial charge in [0.05, 0.1) is 36.3 Å². The van der Waals surface area contributed by atoms with Gasteiger partial charge in [-0.25, -0.2) is 4.39 Å².